The number of hydrogen-bond acceptors (Lipinski definition) is 4. The van der Waals surface area contributed by atoms with Crippen molar-refractivity contribution in [3.63, 3.8) is 0 Å². The van der Waals surface area contributed by atoms with Crippen molar-refractivity contribution in [1.82, 2.24) is 14.9 Å². The Balaban J connectivity index is 1.79. The van der Waals surface area contributed by atoms with Crippen molar-refractivity contribution in [2.45, 2.75) is 19.5 Å². The van der Waals surface area contributed by atoms with Crippen LogP contribution in [-0.4, -0.2) is 34.6 Å². The molecule has 0 fully saturated rings. The van der Waals surface area contributed by atoms with Crippen LogP contribution < -0.4 is 5.32 Å². The molecule has 6 nitrogen and oxygen atoms in total. The lowest BCUT2D eigenvalue weighted by Gasteiger charge is -2.11. The van der Waals surface area contributed by atoms with Gasteiger partial charge in [0.25, 0.3) is 5.91 Å². The number of rotatable bonds is 5. The van der Waals surface area contributed by atoms with Gasteiger partial charge in [-0.1, -0.05) is 23.7 Å². The summed E-state index contributed by atoms with van der Waals surface area (Å²) in [7, 11) is 1.28. The van der Waals surface area contributed by atoms with Crippen molar-refractivity contribution in [2.75, 3.05) is 7.11 Å². The van der Waals surface area contributed by atoms with E-state index in [0.29, 0.717) is 22.6 Å². The minimum atomic E-state index is -0.717. The van der Waals surface area contributed by atoms with Gasteiger partial charge in [0.1, 0.15) is 6.04 Å². The zero-order valence-corrected chi connectivity index (χ0v) is 15.2. The van der Waals surface area contributed by atoms with E-state index in [-0.39, 0.29) is 5.91 Å². The quantitative estimate of drug-likeness (QED) is 0.700. The SMILES string of the molecule is COC(=O)[C@H](C)NC(=O)c1ccc2c(c1)ncn2Cc1ccc(Cl)cc1. The molecule has 0 aliphatic heterocycles. The third kappa shape index (κ3) is 3.86. The van der Waals surface area contributed by atoms with Gasteiger partial charge in [0.2, 0.25) is 0 Å². The first-order chi connectivity index (χ1) is 12.5. The Kier molecular flexibility index (Phi) is 5.23. The number of methoxy groups -OCH3 is 1. The van der Waals surface area contributed by atoms with Gasteiger partial charge in [0.15, 0.2) is 0 Å². The maximum atomic E-state index is 12.3. The fraction of sp³-hybridized carbons (Fsp3) is 0.211. The molecule has 26 heavy (non-hydrogen) atoms. The number of aromatic nitrogens is 2. The summed E-state index contributed by atoms with van der Waals surface area (Å²) in [6.45, 7) is 2.22. The first-order valence-electron chi connectivity index (χ1n) is 8.06. The number of carbonyl (C=O) groups excluding carboxylic acids is 2. The van der Waals surface area contributed by atoms with Gasteiger partial charge in [-0.05, 0) is 42.8 Å². The van der Waals surface area contributed by atoms with E-state index < -0.39 is 12.0 Å². The zero-order valence-electron chi connectivity index (χ0n) is 14.4. The van der Waals surface area contributed by atoms with Gasteiger partial charge in [-0.15, -0.1) is 0 Å². The molecule has 0 spiro atoms. The van der Waals surface area contributed by atoms with E-state index in [4.69, 9.17) is 11.6 Å². The van der Waals surface area contributed by atoms with E-state index >= 15 is 0 Å². The molecule has 1 amide bonds. The average Bonchev–Trinajstić information content (AvgIpc) is 3.04. The molecular weight excluding hydrogens is 354 g/mol. The number of imidazole rings is 1. The normalized spacial score (nSPS) is 12.0. The van der Waals surface area contributed by atoms with Crippen LogP contribution in [0.2, 0.25) is 5.02 Å². The second-order valence-electron chi connectivity index (χ2n) is 5.92. The molecule has 1 aromatic heterocycles. The number of nitrogens with one attached hydrogen (secondary N) is 1. The minimum absolute atomic E-state index is 0.350. The molecule has 0 aliphatic rings. The fourth-order valence-corrected chi connectivity index (χ4v) is 2.76. The average molecular weight is 372 g/mol. The summed E-state index contributed by atoms with van der Waals surface area (Å²) in [4.78, 5) is 28.1. The third-order valence-corrected chi connectivity index (χ3v) is 4.30. The monoisotopic (exact) mass is 371 g/mol. The van der Waals surface area contributed by atoms with Gasteiger partial charge >= 0.3 is 5.97 Å². The number of halogens is 1. The summed E-state index contributed by atoms with van der Waals surface area (Å²) < 4.78 is 6.61. The van der Waals surface area contributed by atoms with E-state index in [2.05, 4.69) is 15.0 Å². The predicted octanol–water partition coefficient (Wildman–Crippen LogP) is 3.03. The van der Waals surface area contributed by atoms with Crippen LogP contribution in [0.4, 0.5) is 0 Å². The first-order valence-corrected chi connectivity index (χ1v) is 8.44. The number of carbonyl (C=O) groups is 2. The molecule has 0 saturated carbocycles. The molecule has 3 rings (SSSR count). The molecule has 0 aliphatic carbocycles. The van der Waals surface area contributed by atoms with E-state index in [1.807, 2.05) is 34.9 Å². The first kappa shape index (κ1) is 17.9. The third-order valence-electron chi connectivity index (χ3n) is 4.05. The molecule has 0 radical (unpaired) electrons. The summed E-state index contributed by atoms with van der Waals surface area (Å²) in [5.74, 6) is -0.844. The van der Waals surface area contributed by atoms with Crippen molar-refractivity contribution in [1.29, 1.82) is 0 Å². The Bertz CT molecular complexity index is 950. The molecule has 2 aromatic carbocycles. The Morgan fingerprint density at radius 1 is 1.23 bits per heavy atom. The smallest absolute Gasteiger partial charge is 0.328 e. The molecular formula is C19H18ClN3O3. The number of nitrogens with zero attached hydrogens (tertiary/aromatic N) is 2. The van der Waals surface area contributed by atoms with Crippen molar-refractivity contribution in [3.05, 3.63) is 64.9 Å². The van der Waals surface area contributed by atoms with Crippen molar-refractivity contribution in [2.24, 2.45) is 0 Å². The summed E-state index contributed by atoms with van der Waals surface area (Å²) in [5.41, 5.74) is 3.15. The van der Waals surface area contributed by atoms with Crippen LogP contribution in [0, 0.1) is 0 Å². The van der Waals surface area contributed by atoms with Gasteiger partial charge < -0.3 is 14.6 Å². The van der Waals surface area contributed by atoms with Crippen LogP contribution in [0.25, 0.3) is 11.0 Å². The number of ether oxygens (including phenoxy) is 1. The maximum Gasteiger partial charge on any atom is 0.328 e. The van der Waals surface area contributed by atoms with Crippen molar-refractivity contribution >= 4 is 34.5 Å². The van der Waals surface area contributed by atoms with Crippen molar-refractivity contribution < 1.29 is 14.3 Å². The fourth-order valence-electron chi connectivity index (χ4n) is 2.63. The molecule has 0 unspecified atom stereocenters. The summed E-state index contributed by atoms with van der Waals surface area (Å²) in [6.07, 6.45) is 1.73. The maximum absolute atomic E-state index is 12.3. The number of hydrogen-bond donors (Lipinski definition) is 1. The highest BCUT2D eigenvalue weighted by Gasteiger charge is 2.17. The molecule has 1 atom stereocenters. The lowest BCUT2D eigenvalue weighted by Crippen LogP contribution is -2.39. The Labute approximate surface area is 155 Å². The van der Waals surface area contributed by atoms with Crippen molar-refractivity contribution in [3.8, 4) is 0 Å². The van der Waals surface area contributed by atoms with Gasteiger partial charge in [-0.2, -0.15) is 0 Å². The second-order valence-corrected chi connectivity index (χ2v) is 6.36. The molecule has 3 aromatic rings. The van der Waals surface area contributed by atoms with Crippen LogP contribution in [0.1, 0.15) is 22.8 Å². The van der Waals surface area contributed by atoms with Crippen LogP contribution >= 0.6 is 11.6 Å². The highest BCUT2D eigenvalue weighted by atomic mass is 35.5. The Hall–Kier alpha value is -2.86. The molecule has 1 heterocycles. The Morgan fingerprint density at radius 2 is 1.96 bits per heavy atom. The van der Waals surface area contributed by atoms with Crippen LogP contribution in [0.15, 0.2) is 48.8 Å². The van der Waals surface area contributed by atoms with E-state index in [1.54, 1.807) is 25.4 Å². The summed E-state index contributed by atoms with van der Waals surface area (Å²) in [6, 6.07) is 12.2. The zero-order chi connectivity index (χ0) is 18.7. The van der Waals surface area contributed by atoms with Gasteiger partial charge in [0, 0.05) is 17.1 Å². The van der Waals surface area contributed by atoms with Gasteiger partial charge in [0.05, 0.1) is 24.5 Å². The summed E-state index contributed by atoms with van der Waals surface area (Å²) >= 11 is 5.91. The standard InChI is InChI=1S/C19H18ClN3O3/c1-12(19(25)26-2)22-18(24)14-5-8-17-16(9-14)21-11-23(17)10-13-3-6-15(20)7-4-13/h3-9,11-12H,10H2,1-2H3,(H,22,24)/t12-/m0/s1. The van der Waals surface area contributed by atoms with E-state index in [9.17, 15) is 9.59 Å². The van der Waals surface area contributed by atoms with Crippen LogP contribution in [0.5, 0.6) is 0 Å². The predicted molar refractivity (Wildman–Crippen MR) is 99.2 cm³/mol. The van der Waals surface area contributed by atoms with E-state index in [0.717, 1.165) is 11.1 Å². The molecule has 134 valence electrons. The van der Waals surface area contributed by atoms with Crippen LogP contribution in [-0.2, 0) is 16.1 Å². The number of amides is 1. The van der Waals surface area contributed by atoms with Crippen LogP contribution in [0.3, 0.4) is 0 Å². The number of benzene rings is 2. The van der Waals surface area contributed by atoms with Gasteiger partial charge in [-0.3, -0.25) is 4.79 Å². The molecule has 0 bridgehead atoms. The highest BCUT2D eigenvalue weighted by Crippen LogP contribution is 2.18. The lowest BCUT2D eigenvalue weighted by molar-refractivity contribution is -0.142. The number of fused-ring (bicyclic) bond motifs is 1. The topological polar surface area (TPSA) is 73.2 Å². The lowest BCUT2D eigenvalue weighted by atomic mass is 10.1. The summed E-state index contributed by atoms with van der Waals surface area (Å²) in [5, 5.41) is 3.30. The van der Waals surface area contributed by atoms with E-state index in [1.165, 1.54) is 7.11 Å². The highest BCUT2D eigenvalue weighted by molar-refractivity contribution is 6.30. The van der Waals surface area contributed by atoms with Gasteiger partial charge in [-0.25, -0.2) is 9.78 Å². The number of esters is 1. The Morgan fingerprint density at radius 3 is 2.65 bits per heavy atom. The molecule has 1 N–H and O–H groups in total. The second kappa shape index (κ2) is 7.58. The minimum Gasteiger partial charge on any atom is -0.467 e. The largest absolute Gasteiger partial charge is 0.467 e. The molecule has 0 saturated heterocycles. The molecule has 7 heteroatoms.